The monoisotopic (exact) mass is 289 g/mol. The third-order valence-electron chi connectivity index (χ3n) is 3.38. The Morgan fingerprint density at radius 2 is 2.05 bits per heavy atom. The number of aryl methyl sites for hydroxylation is 2. The highest BCUT2D eigenvalue weighted by Gasteiger charge is 2.18. The summed E-state index contributed by atoms with van der Waals surface area (Å²) in [6, 6.07) is 8.84. The van der Waals surface area contributed by atoms with Crippen LogP contribution in [0.25, 0.3) is 0 Å². The Morgan fingerprint density at radius 1 is 1.25 bits per heavy atom. The van der Waals surface area contributed by atoms with Gasteiger partial charge in [0.1, 0.15) is 5.75 Å². The van der Waals surface area contributed by atoms with Gasteiger partial charge < -0.3 is 10.1 Å². The molecule has 0 aliphatic rings. The molecule has 2 rings (SSSR count). The molecule has 1 aromatic carbocycles. The van der Waals surface area contributed by atoms with E-state index in [4.69, 9.17) is 4.74 Å². The molecular weight excluding hydrogens is 266 g/mol. The Labute approximate surface area is 125 Å². The van der Waals surface area contributed by atoms with Crippen LogP contribution in [0.15, 0.2) is 29.6 Å². The van der Waals surface area contributed by atoms with Crippen LogP contribution in [0.3, 0.4) is 0 Å². The average molecular weight is 289 g/mol. The van der Waals surface area contributed by atoms with Crippen molar-refractivity contribution in [2.45, 2.75) is 33.2 Å². The zero-order chi connectivity index (χ0) is 14.5. The molecule has 20 heavy (non-hydrogen) atoms. The van der Waals surface area contributed by atoms with Gasteiger partial charge in [-0.25, -0.2) is 0 Å². The molecule has 1 heterocycles. The van der Waals surface area contributed by atoms with E-state index in [1.165, 1.54) is 21.6 Å². The van der Waals surface area contributed by atoms with Gasteiger partial charge in [0.25, 0.3) is 0 Å². The second kappa shape index (κ2) is 6.91. The van der Waals surface area contributed by atoms with Crippen LogP contribution in [0, 0.1) is 13.8 Å². The maximum atomic E-state index is 5.55. The van der Waals surface area contributed by atoms with Crippen molar-refractivity contribution in [1.82, 2.24) is 5.32 Å². The summed E-state index contributed by atoms with van der Waals surface area (Å²) in [6.45, 7) is 7.46. The molecule has 0 bridgehead atoms. The summed E-state index contributed by atoms with van der Waals surface area (Å²) < 4.78 is 5.55. The zero-order valence-electron chi connectivity index (χ0n) is 12.7. The molecular formula is C17H23NOS. The first-order valence-corrected chi connectivity index (χ1v) is 7.96. The van der Waals surface area contributed by atoms with Gasteiger partial charge in [0.05, 0.1) is 13.2 Å². The van der Waals surface area contributed by atoms with Gasteiger partial charge >= 0.3 is 0 Å². The molecule has 0 fully saturated rings. The van der Waals surface area contributed by atoms with E-state index in [1.807, 2.05) is 0 Å². The first-order valence-electron chi connectivity index (χ1n) is 7.08. The van der Waals surface area contributed by atoms with E-state index >= 15 is 0 Å². The zero-order valence-corrected chi connectivity index (χ0v) is 13.5. The van der Waals surface area contributed by atoms with Gasteiger partial charge in [-0.2, -0.15) is 0 Å². The van der Waals surface area contributed by atoms with Gasteiger partial charge in [-0.1, -0.05) is 24.6 Å². The minimum absolute atomic E-state index is 0.203. The van der Waals surface area contributed by atoms with Crippen molar-refractivity contribution in [1.29, 1.82) is 0 Å². The lowest BCUT2D eigenvalue weighted by Crippen LogP contribution is -2.23. The first-order chi connectivity index (χ1) is 9.65. The van der Waals surface area contributed by atoms with Crippen molar-refractivity contribution >= 4 is 11.3 Å². The maximum Gasteiger partial charge on any atom is 0.123 e. The molecule has 0 aliphatic heterocycles. The van der Waals surface area contributed by atoms with Crippen LogP contribution in [0.2, 0.25) is 0 Å². The molecule has 0 aliphatic carbocycles. The fraction of sp³-hybridized carbons (Fsp3) is 0.412. The first kappa shape index (κ1) is 15.1. The van der Waals surface area contributed by atoms with Gasteiger partial charge in [-0.05, 0) is 49.9 Å². The van der Waals surface area contributed by atoms with Crippen molar-refractivity contribution in [3.63, 3.8) is 0 Å². The van der Waals surface area contributed by atoms with Crippen LogP contribution in [0.1, 0.15) is 41.0 Å². The van der Waals surface area contributed by atoms with Crippen molar-refractivity contribution in [3.8, 4) is 5.75 Å². The number of ether oxygens (including phenoxy) is 1. The highest BCUT2D eigenvalue weighted by Crippen LogP contribution is 2.32. The smallest absolute Gasteiger partial charge is 0.123 e. The summed E-state index contributed by atoms with van der Waals surface area (Å²) in [6.07, 6.45) is 1.12. The largest absolute Gasteiger partial charge is 0.496 e. The second-order valence-corrected chi connectivity index (χ2v) is 6.24. The van der Waals surface area contributed by atoms with E-state index in [2.05, 4.69) is 55.7 Å². The molecule has 1 unspecified atom stereocenters. The third kappa shape index (κ3) is 3.41. The normalized spacial score (nSPS) is 12.4. The van der Waals surface area contributed by atoms with E-state index in [9.17, 15) is 0 Å². The molecule has 108 valence electrons. The molecule has 0 radical (unpaired) electrons. The summed E-state index contributed by atoms with van der Waals surface area (Å²) in [5.41, 5.74) is 3.81. The van der Waals surface area contributed by atoms with E-state index in [0.717, 1.165) is 18.7 Å². The summed E-state index contributed by atoms with van der Waals surface area (Å²) in [7, 11) is 1.74. The summed E-state index contributed by atoms with van der Waals surface area (Å²) in [5, 5.41) is 5.88. The molecule has 2 nitrogen and oxygen atoms in total. The fourth-order valence-electron chi connectivity index (χ4n) is 2.39. The van der Waals surface area contributed by atoms with Gasteiger partial charge in [0.15, 0.2) is 0 Å². The highest BCUT2D eigenvalue weighted by atomic mass is 32.1. The van der Waals surface area contributed by atoms with Gasteiger partial charge in [-0.3, -0.25) is 0 Å². The maximum absolute atomic E-state index is 5.55. The summed E-state index contributed by atoms with van der Waals surface area (Å²) in [4.78, 5) is 1.34. The van der Waals surface area contributed by atoms with Gasteiger partial charge in [-0.15, -0.1) is 11.3 Å². The topological polar surface area (TPSA) is 21.3 Å². The lowest BCUT2D eigenvalue weighted by molar-refractivity contribution is 0.403. The van der Waals surface area contributed by atoms with Crippen LogP contribution >= 0.6 is 11.3 Å². The molecule has 1 atom stereocenters. The van der Waals surface area contributed by atoms with Crippen molar-refractivity contribution in [2.75, 3.05) is 13.7 Å². The predicted octanol–water partition coefficient (Wildman–Crippen LogP) is 4.46. The number of methoxy groups -OCH3 is 1. The van der Waals surface area contributed by atoms with E-state index in [-0.39, 0.29) is 6.04 Å². The predicted molar refractivity (Wildman–Crippen MR) is 86.9 cm³/mol. The average Bonchev–Trinajstić information content (AvgIpc) is 2.86. The van der Waals surface area contributed by atoms with Gasteiger partial charge in [0, 0.05) is 10.4 Å². The molecule has 3 heteroatoms. The fourth-order valence-corrected chi connectivity index (χ4v) is 3.12. The number of hydrogen-bond acceptors (Lipinski definition) is 3. The number of thiophene rings is 1. The van der Waals surface area contributed by atoms with Crippen LogP contribution in [-0.2, 0) is 0 Å². The molecule has 0 amide bonds. The Morgan fingerprint density at radius 3 is 2.65 bits per heavy atom. The van der Waals surface area contributed by atoms with E-state index < -0.39 is 0 Å². The quantitative estimate of drug-likeness (QED) is 0.847. The summed E-state index contributed by atoms with van der Waals surface area (Å²) in [5.74, 6) is 0.952. The van der Waals surface area contributed by atoms with Crippen LogP contribution in [0.5, 0.6) is 5.75 Å². The number of nitrogens with one attached hydrogen (secondary N) is 1. The Bertz CT molecular complexity index is 562. The second-order valence-electron chi connectivity index (χ2n) is 5.12. The van der Waals surface area contributed by atoms with Crippen LogP contribution in [0.4, 0.5) is 0 Å². The van der Waals surface area contributed by atoms with E-state index in [0.29, 0.717) is 0 Å². The third-order valence-corrected chi connectivity index (χ3v) is 4.26. The van der Waals surface area contributed by atoms with Crippen molar-refractivity contribution < 1.29 is 4.74 Å². The molecule has 1 aromatic heterocycles. The molecule has 2 aromatic rings. The Hall–Kier alpha value is -1.32. The molecule has 1 N–H and O–H groups in total. The van der Waals surface area contributed by atoms with Crippen molar-refractivity contribution in [2.24, 2.45) is 0 Å². The standard InChI is InChI=1S/C17H23NOS/c1-5-8-18-17(14-10-13(3)20-11-14)15-9-12(2)6-7-16(15)19-4/h6-7,9-11,17-18H,5,8H2,1-4H3. The lowest BCUT2D eigenvalue weighted by Gasteiger charge is -2.21. The van der Waals surface area contributed by atoms with E-state index in [1.54, 1.807) is 18.4 Å². The van der Waals surface area contributed by atoms with Crippen LogP contribution < -0.4 is 10.1 Å². The van der Waals surface area contributed by atoms with Crippen molar-refractivity contribution in [3.05, 3.63) is 51.2 Å². The number of hydrogen-bond donors (Lipinski definition) is 1. The highest BCUT2D eigenvalue weighted by molar-refractivity contribution is 7.10. The Balaban J connectivity index is 2.42. The number of benzene rings is 1. The Kier molecular flexibility index (Phi) is 5.21. The number of rotatable bonds is 6. The molecule has 0 spiro atoms. The molecule has 0 saturated carbocycles. The summed E-state index contributed by atoms with van der Waals surface area (Å²) >= 11 is 1.80. The van der Waals surface area contributed by atoms with Crippen LogP contribution in [-0.4, -0.2) is 13.7 Å². The van der Waals surface area contributed by atoms with Gasteiger partial charge in [0.2, 0.25) is 0 Å². The minimum atomic E-state index is 0.203. The molecule has 0 saturated heterocycles. The SMILES string of the molecule is CCCNC(c1csc(C)c1)c1cc(C)ccc1OC. The minimum Gasteiger partial charge on any atom is -0.496 e. The lowest BCUT2D eigenvalue weighted by atomic mass is 9.98.